The molecule has 0 aliphatic heterocycles. The summed E-state index contributed by atoms with van der Waals surface area (Å²) in [5, 5.41) is 0. The van der Waals surface area contributed by atoms with Gasteiger partial charge in [-0.05, 0) is 30.4 Å². The highest BCUT2D eigenvalue weighted by Gasteiger charge is 1.90. The first kappa shape index (κ1) is 15.2. The van der Waals surface area contributed by atoms with Crippen LogP contribution in [-0.4, -0.2) is 0 Å². The minimum absolute atomic E-state index is 0.715. The number of unbranched alkanes of at least 4 members (excludes halogenated alkanes) is 6. The monoisotopic (exact) mass is 253 g/mol. The van der Waals surface area contributed by atoms with Gasteiger partial charge in [0.2, 0.25) is 0 Å². The van der Waals surface area contributed by atoms with E-state index in [-0.39, 0.29) is 0 Å². The Morgan fingerprint density at radius 3 is 2.47 bits per heavy atom. The van der Waals surface area contributed by atoms with Gasteiger partial charge in [-0.1, -0.05) is 63.0 Å². The van der Waals surface area contributed by atoms with E-state index < -0.39 is 0 Å². The molecule has 0 saturated carbocycles. The summed E-state index contributed by atoms with van der Waals surface area (Å²) in [5.74, 6) is 11.8. The molecule has 1 aromatic carbocycles. The van der Waals surface area contributed by atoms with Crippen molar-refractivity contribution in [3.63, 3.8) is 0 Å². The van der Waals surface area contributed by atoms with E-state index in [0.29, 0.717) is 5.69 Å². The van der Waals surface area contributed by atoms with Gasteiger partial charge >= 0.3 is 0 Å². The molecule has 0 amide bonds. The van der Waals surface area contributed by atoms with Gasteiger partial charge in [0.05, 0.1) is 0 Å². The molecule has 0 radical (unpaired) electrons. The summed E-state index contributed by atoms with van der Waals surface area (Å²) in [5.41, 5.74) is 7.36. The zero-order chi connectivity index (χ0) is 13.8. The molecule has 0 aliphatic carbocycles. The lowest BCUT2D eigenvalue weighted by Gasteiger charge is -1.96. The lowest BCUT2D eigenvalue weighted by atomic mass is 10.1. The number of para-hydroxylation sites is 1. The maximum atomic E-state index is 5.79. The lowest BCUT2D eigenvalue weighted by Crippen LogP contribution is -1.87. The number of nitrogen functional groups attached to an aromatic ring is 1. The van der Waals surface area contributed by atoms with Crippen LogP contribution in [0.2, 0.25) is 0 Å². The van der Waals surface area contributed by atoms with E-state index in [1.54, 1.807) is 0 Å². The molecule has 0 spiro atoms. The van der Waals surface area contributed by atoms with Crippen molar-refractivity contribution >= 4 is 5.69 Å². The largest absolute Gasteiger partial charge is 0.398 e. The Labute approximate surface area is 117 Å². The van der Waals surface area contributed by atoms with Crippen LogP contribution in [0.3, 0.4) is 0 Å². The Hall–Kier alpha value is -1.86. The van der Waals surface area contributed by atoms with Crippen molar-refractivity contribution < 1.29 is 0 Å². The second-order valence-corrected chi connectivity index (χ2v) is 4.66. The van der Waals surface area contributed by atoms with Crippen LogP contribution in [0.15, 0.2) is 24.3 Å². The molecule has 0 heterocycles. The molecule has 100 valence electrons. The van der Waals surface area contributed by atoms with Crippen LogP contribution in [0, 0.1) is 23.7 Å². The fourth-order valence-electron chi connectivity index (χ4n) is 1.81. The number of hydrogen-bond donors (Lipinski definition) is 1. The smallest absolute Gasteiger partial charge is 0.0485 e. The first-order valence-electron chi connectivity index (χ1n) is 7.18. The predicted molar refractivity (Wildman–Crippen MR) is 83.5 cm³/mol. The van der Waals surface area contributed by atoms with E-state index in [0.717, 1.165) is 12.0 Å². The number of hydrogen-bond acceptors (Lipinski definition) is 1. The predicted octanol–water partition coefficient (Wildman–Crippen LogP) is 4.37. The molecule has 0 fully saturated rings. The standard InChI is InChI=1S/C18H23N/c1-2-3-4-5-6-7-8-9-10-11-14-17-15-12-13-16-18(17)19/h12-13,15-16H,2-8,19H2,1H3. The molecule has 1 nitrogen and oxygen atoms in total. The average molecular weight is 253 g/mol. The van der Waals surface area contributed by atoms with E-state index in [9.17, 15) is 0 Å². The average Bonchev–Trinajstić information content (AvgIpc) is 2.43. The molecule has 0 atom stereocenters. The normalized spacial score (nSPS) is 9.11. The number of nitrogens with two attached hydrogens (primary N) is 1. The van der Waals surface area contributed by atoms with Crippen LogP contribution in [0.1, 0.15) is 57.4 Å². The van der Waals surface area contributed by atoms with Gasteiger partial charge in [0.1, 0.15) is 0 Å². The van der Waals surface area contributed by atoms with E-state index in [4.69, 9.17) is 5.73 Å². The maximum Gasteiger partial charge on any atom is 0.0485 e. The molecule has 0 unspecified atom stereocenters. The third kappa shape index (κ3) is 7.22. The highest BCUT2D eigenvalue weighted by atomic mass is 14.5. The topological polar surface area (TPSA) is 26.0 Å². The molecule has 2 N–H and O–H groups in total. The quantitative estimate of drug-likeness (QED) is 0.454. The molecular weight excluding hydrogens is 230 g/mol. The van der Waals surface area contributed by atoms with Gasteiger partial charge in [-0.2, -0.15) is 0 Å². The highest BCUT2D eigenvalue weighted by molar-refractivity contribution is 5.56. The van der Waals surface area contributed by atoms with Crippen LogP contribution in [0.5, 0.6) is 0 Å². The summed E-state index contributed by atoms with van der Waals surface area (Å²) in [7, 11) is 0. The minimum Gasteiger partial charge on any atom is -0.398 e. The molecule has 0 bridgehead atoms. The third-order valence-corrected chi connectivity index (χ3v) is 2.96. The van der Waals surface area contributed by atoms with Crippen LogP contribution in [-0.2, 0) is 0 Å². The van der Waals surface area contributed by atoms with Gasteiger partial charge in [-0.25, -0.2) is 0 Å². The van der Waals surface area contributed by atoms with E-state index in [2.05, 4.69) is 30.6 Å². The van der Waals surface area contributed by atoms with Gasteiger partial charge in [0, 0.05) is 17.7 Å². The number of rotatable bonds is 6. The SMILES string of the molecule is CCCCCCCCC#CC#Cc1ccccc1N. The fourth-order valence-corrected chi connectivity index (χ4v) is 1.81. The van der Waals surface area contributed by atoms with Gasteiger partial charge in [0.15, 0.2) is 0 Å². The van der Waals surface area contributed by atoms with E-state index >= 15 is 0 Å². The zero-order valence-corrected chi connectivity index (χ0v) is 11.8. The molecular formula is C18H23N. The van der Waals surface area contributed by atoms with Crippen LogP contribution >= 0.6 is 0 Å². The van der Waals surface area contributed by atoms with E-state index in [1.165, 1.54) is 38.5 Å². The van der Waals surface area contributed by atoms with Crippen molar-refractivity contribution in [2.45, 2.75) is 51.9 Å². The highest BCUT2D eigenvalue weighted by Crippen LogP contribution is 2.08. The molecule has 0 saturated heterocycles. The maximum absolute atomic E-state index is 5.79. The van der Waals surface area contributed by atoms with Crippen molar-refractivity contribution in [2.24, 2.45) is 0 Å². The Balaban J connectivity index is 2.20. The second kappa shape index (κ2) is 10.1. The summed E-state index contributed by atoms with van der Waals surface area (Å²) in [6.45, 7) is 2.24. The molecule has 0 aromatic heterocycles. The third-order valence-electron chi connectivity index (χ3n) is 2.96. The first-order chi connectivity index (χ1) is 9.34. The Morgan fingerprint density at radius 2 is 1.68 bits per heavy atom. The molecule has 1 aromatic rings. The van der Waals surface area contributed by atoms with Gasteiger partial charge in [0.25, 0.3) is 0 Å². The molecule has 1 rings (SSSR count). The van der Waals surface area contributed by atoms with Crippen LogP contribution < -0.4 is 5.73 Å². The van der Waals surface area contributed by atoms with Crippen LogP contribution in [0.4, 0.5) is 5.69 Å². The summed E-state index contributed by atoms with van der Waals surface area (Å²) < 4.78 is 0. The second-order valence-electron chi connectivity index (χ2n) is 4.66. The van der Waals surface area contributed by atoms with Crippen molar-refractivity contribution in [3.05, 3.63) is 29.8 Å². The first-order valence-corrected chi connectivity index (χ1v) is 7.18. The zero-order valence-electron chi connectivity index (χ0n) is 11.8. The van der Waals surface area contributed by atoms with E-state index in [1.807, 2.05) is 24.3 Å². The van der Waals surface area contributed by atoms with Gasteiger partial charge in [-0.3, -0.25) is 0 Å². The van der Waals surface area contributed by atoms with Crippen molar-refractivity contribution in [1.29, 1.82) is 0 Å². The van der Waals surface area contributed by atoms with Crippen molar-refractivity contribution in [2.75, 3.05) is 5.73 Å². The summed E-state index contributed by atoms with van der Waals surface area (Å²) in [6, 6.07) is 7.61. The van der Waals surface area contributed by atoms with Crippen molar-refractivity contribution in [3.8, 4) is 23.7 Å². The summed E-state index contributed by atoms with van der Waals surface area (Å²) >= 11 is 0. The summed E-state index contributed by atoms with van der Waals surface area (Å²) in [4.78, 5) is 0. The fraction of sp³-hybridized carbons (Fsp3) is 0.444. The number of benzene rings is 1. The molecule has 1 heteroatoms. The number of anilines is 1. The van der Waals surface area contributed by atoms with Crippen molar-refractivity contribution in [1.82, 2.24) is 0 Å². The van der Waals surface area contributed by atoms with Gasteiger partial charge in [-0.15, -0.1) is 0 Å². The lowest BCUT2D eigenvalue weighted by molar-refractivity contribution is 0.614. The molecule has 19 heavy (non-hydrogen) atoms. The Morgan fingerprint density at radius 1 is 0.947 bits per heavy atom. The Kier molecular flexibility index (Phi) is 8.08. The minimum atomic E-state index is 0.715. The van der Waals surface area contributed by atoms with Gasteiger partial charge < -0.3 is 5.73 Å². The Bertz CT molecular complexity index is 480. The summed E-state index contributed by atoms with van der Waals surface area (Å²) in [6.07, 6.45) is 8.77. The van der Waals surface area contributed by atoms with Crippen LogP contribution in [0.25, 0.3) is 0 Å². The molecule has 0 aliphatic rings.